The molecule has 1 heterocycles. The molecule has 2 aromatic rings. The van der Waals surface area contributed by atoms with Gasteiger partial charge in [0.25, 0.3) is 15.7 Å². The Morgan fingerprint density at radius 1 is 1.25 bits per heavy atom. The van der Waals surface area contributed by atoms with Crippen molar-refractivity contribution in [3.63, 3.8) is 0 Å². The zero-order valence-corrected chi connectivity index (χ0v) is 10.7. The average Bonchev–Trinajstić information content (AvgIpc) is 2.38. The number of nitro benzene ring substituents is 1. The van der Waals surface area contributed by atoms with E-state index < -0.39 is 25.5 Å². The Kier molecular flexibility index (Phi) is 3.48. The highest BCUT2D eigenvalue weighted by Gasteiger charge is 2.26. The van der Waals surface area contributed by atoms with Crippen molar-refractivity contribution in [1.29, 1.82) is 0 Å². The molecule has 0 atom stereocenters. The van der Waals surface area contributed by atoms with Crippen LogP contribution in [0.5, 0.6) is 0 Å². The molecule has 0 aliphatic carbocycles. The van der Waals surface area contributed by atoms with E-state index in [2.05, 4.69) is 14.7 Å². The summed E-state index contributed by atoms with van der Waals surface area (Å²) in [5.41, 5.74) is 5.01. The van der Waals surface area contributed by atoms with Gasteiger partial charge in [0.05, 0.1) is 23.0 Å². The Hall–Kier alpha value is -2.75. The number of rotatable bonds is 4. The number of nitrogens with one attached hydrogen (secondary N) is 1. The number of sulfonamides is 1. The summed E-state index contributed by atoms with van der Waals surface area (Å²) in [7, 11) is -4.13. The molecule has 20 heavy (non-hydrogen) atoms. The monoisotopic (exact) mass is 295 g/mol. The third-order valence-electron chi connectivity index (χ3n) is 2.28. The maximum absolute atomic E-state index is 12.1. The third kappa shape index (κ3) is 2.80. The van der Waals surface area contributed by atoms with Crippen LogP contribution < -0.4 is 10.5 Å². The minimum atomic E-state index is -4.13. The van der Waals surface area contributed by atoms with Crippen LogP contribution in [0.25, 0.3) is 0 Å². The van der Waals surface area contributed by atoms with E-state index in [0.29, 0.717) is 0 Å². The summed E-state index contributed by atoms with van der Waals surface area (Å²) < 4.78 is 26.4. The molecule has 0 bridgehead atoms. The first-order chi connectivity index (χ1) is 9.40. The minimum absolute atomic E-state index is 0.0959. The van der Waals surface area contributed by atoms with Crippen molar-refractivity contribution in [2.45, 2.75) is 4.90 Å². The molecule has 0 unspecified atom stereocenters. The summed E-state index contributed by atoms with van der Waals surface area (Å²) in [6.45, 7) is 0. The molecule has 0 aliphatic heterocycles. The Bertz CT molecular complexity index is 747. The van der Waals surface area contributed by atoms with Gasteiger partial charge in [-0.25, -0.2) is 18.4 Å². The number of nitrogen functional groups attached to an aromatic ring is 1. The molecular formula is C10H9N5O4S. The van der Waals surface area contributed by atoms with E-state index in [-0.39, 0.29) is 11.4 Å². The Morgan fingerprint density at radius 2 is 1.90 bits per heavy atom. The van der Waals surface area contributed by atoms with Crippen LogP contribution in [0.4, 0.5) is 17.1 Å². The number of anilines is 2. The molecule has 2 rings (SSSR count). The van der Waals surface area contributed by atoms with Gasteiger partial charge in [-0.05, 0) is 12.1 Å². The third-order valence-corrected chi connectivity index (χ3v) is 3.71. The van der Waals surface area contributed by atoms with Crippen molar-refractivity contribution in [3.05, 3.63) is 47.0 Å². The van der Waals surface area contributed by atoms with Gasteiger partial charge in [-0.3, -0.25) is 14.8 Å². The van der Waals surface area contributed by atoms with Crippen molar-refractivity contribution in [2.75, 3.05) is 10.5 Å². The molecular weight excluding hydrogens is 286 g/mol. The number of nitrogens with zero attached hydrogens (tertiary/aromatic N) is 3. The zero-order chi connectivity index (χ0) is 14.8. The van der Waals surface area contributed by atoms with Gasteiger partial charge in [0.2, 0.25) is 0 Å². The number of nitrogens with two attached hydrogens (primary N) is 1. The molecule has 0 fully saturated rings. The molecule has 10 heteroatoms. The first kappa shape index (κ1) is 13.7. The molecule has 0 radical (unpaired) electrons. The smallest absolute Gasteiger partial charge is 0.291 e. The Balaban J connectivity index is 2.47. The molecule has 0 aliphatic rings. The van der Waals surface area contributed by atoms with Crippen LogP contribution >= 0.6 is 0 Å². The lowest BCUT2D eigenvalue weighted by molar-refractivity contribution is -0.387. The van der Waals surface area contributed by atoms with Gasteiger partial charge < -0.3 is 5.73 Å². The summed E-state index contributed by atoms with van der Waals surface area (Å²) in [4.78, 5) is 16.9. The lowest BCUT2D eigenvalue weighted by Gasteiger charge is -2.08. The second-order valence-electron chi connectivity index (χ2n) is 3.72. The van der Waals surface area contributed by atoms with Gasteiger partial charge in [-0.1, -0.05) is 0 Å². The van der Waals surface area contributed by atoms with E-state index in [1.54, 1.807) is 0 Å². The first-order valence-electron chi connectivity index (χ1n) is 5.22. The zero-order valence-electron chi connectivity index (χ0n) is 9.92. The summed E-state index contributed by atoms with van der Waals surface area (Å²) in [5, 5.41) is 10.9. The molecule has 0 saturated carbocycles. The van der Waals surface area contributed by atoms with E-state index in [9.17, 15) is 18.5 Å². The van der Waals surface area contributed by atoms with Gasteiger partial charge in [-0.2, -0.15) is 0 Å². The van der Waals surface area contributed by atoms with Gasteiger partial charge in [-0.15, -0.1) is 0 Å². The lowest BCUT2D eigenvalue weighted by atomic mass is 10.3. The van der Waals surface area contributed by atoms with E-state index in [4.69, 9.17) is 5.73 Å². The number of benzene rings is 1. The fraction of sp³-hybridized carbons (Fsp3) is 0. The lowest BCUT2D eigenvalue weighted by Crippen LogP contribution is -2.15. The highest BCUT2D eigenvalue weighted by Crippen LogP contribution is 2.27. The van der Waals surface area contributed by atoms with Crippen LogP contribution in [0.1, 0.15) is 0 Å². The molecule has 104 valence electrons. The van der Waals surface area contributed by atoms with Crippen LogP contribution in [-0.2, 0) is 10.0 Å². The molecule has 1 aromatic carbocycles. The molecule has 1 aromatic heterocycles. The average molecular weight is 295 g/mol. The van der Waals surface area contributed by atoms with Crippen molar-refractivity contribution < 1.29 is 13.3 Å². The van der Waals surface area contributed by atoms with Gasteiger partial charge in [0.15, 0.2) is 4.90 Å². The van der Waals surface area contributed by atoms with Crippen LogP contribution in [0.3, 0.4) is 0 Å². The SMILES string of the molecule is Nc1ccc(S(=O)(=O)Nc2cncnc2)c([N+](=O)[O-])c1. The standard InChI is InChI=1S/C10H9N5O4S/c11-7-1-2-10(9(3-7)15(16)17)20(18,19)14-8-4-12-6-13-5-8/h1-6,14H,11H2. The number of aromatic nitrogens is 2. The van der Waals surface area contributed by atoms with Gasteiger partial charge in [0.1, 0.15) is 6.33 Å². The minimum Gasteiger partial charge on any atom is -0.399 e. The van der Waals surface area contributed by atoms with Crippen LogP contribution in [0.15, 0.2) is 41.8 Å². The predicted molar refractivity (Wildman–Crippen MR) is 70.3 cm³/mol. The molecule has 0 amide bonds. The van der Waals surface area contributed by atoms with E-state index >= 15 is 0 Å². The number of hydrogen-bond acceptors (Lipinski definition) is 7. The van der Waals surface area contributed by atoms with Gasteiger partial charge in [0, 0.05) is 11.8 Å². The Labute approximate surface area is 113 Å². The van der Waals surface area contributed by atoms with E-state index in [1.165, 1.54) is 24.8 Å². The first-order valence-corrected chi connectivity index (χ1v) is 6.70. The number of nitro groups is 1. The fourth-order valence-corrected chi connectivity index (χ4v) is 2.65. The van der Waals surface area contributed by atoms with Crippen molar-refractivity contribution >= 4 is 27.1 Å². The normalized spacial score (nSPS) is 11.0. The topological polar surface area (TPSA) is 141 Å². The molecule has 9 nitrogen and oxygen atoms in total. The van der Waals surface area contributed by atoms with E-state index in [0.717, 1.165) is 12.1 Å². The van der Waals surface area contributed by atoms with Crippen LogP contribution in [0, 0.1) is 10.1 Å². The summed E-state index contributed by atoms with van der Waals surface area (Å²) in [5.74, 6) is 0. The second kappa shape index (κ2) is 5.09. The summed E-state index contributed by atoms with van der Waals surface area (Å²) in [6, 6.07) is 3.32. The highest BCUT2D eigenvalue weighted by molar-refractivity contribution is 7.92. The fourth-order valence-electron chi connectivity index (χ4n) is 1.47. The number of hydrogen-bond donors (Lipinski definition) is 2. The van der Waals surface area contributed by atoms with Crippen LogP contribution in [-0.4, -0.2) is 23.3 Å². The highest BCUT2D eigenvalue weighted by atomic mass is 32.2. The van der Waals surface area contributed by atoms with E-state index in [1.807, 2.05) is 0 Å². The van der Waals surface area contributed by atoms with Crippen molar-refractivity contribution in [3.8, 4) is 0 Å². The van der Waals surface area contributed by atoms with Crippen molar-refractivity contribution in [1.82, 2.24) is 9.97 Å². The maximum Gasteiger partial charge on any atom is 0.291 e. The summed E-state index contributed by atoms with van der Waals surface area (Å²) >= 11 is 0. The molecule has 3 N–H and O–H groups in total. The summed E-state index contributed by atoms with van der Waals surface area (Å²) in [6.07, 6.45) is 3.69. The molecule has 0 spiro atoms. The maximum atomic E-state index is 12.1. The quantitative estimate of drug-likeness (QED) is 0.482. The van der Waals surface area contributed by atoms with Crippen molar-refractivity contribution in [2.24, 2.45) is 0 Å². The van der Waals surface area contributed by atoms with Crippen LogP contribution in [0.2, 0.25) is 0 Å². The van der Waals surface area contributed by atoms with Gasteiger partial charge >= 0.3 is 0 Å². The Morgan fingerprint density at radius 3 is 2.50 bits per heavy atom. The molecule has 0 saturated heterocycles. The second-order valence-corrected chi connectivity index (χ2v) is 5.37. The predicted octanol–water partition coefficient (Wildman–Crippen LogP) is 0.768. The largest absolute Gasteiger partial charge is 0.399 e.